The molecule has 0 bridgehead atoms. The molecule has 0 saturated heterocycles. The van der Waals surface area contributed by atoms with Gasteiger partial charge in [0.2, 0.25) is 0 Å². The number of esters is 2. The van der Waals surface area contributed by atoms with Crippen molar-refractivity contribution in [1.29, 1.82) is 0 Å². The molecule has 0 atom stereocenters. The quantitative estimate of drug-likeness (QED) is 0.0310. The fourth-order valence-corrected chi connectivity index (χ4v) is 6.15. The van der Waals surface area contributed by atoms with Gasteiger partial charge in [-0.2, -0.15) is 0 Å². The van der Waals surface area contributed by atoms with Crippen molar-refractivity contribution >= 4 is 24.1 Å². The van der Waals surface area contributed by atoms with Crippen LogP contribution in [0, 0.1) is 0 Å². The molecule has 350 valence electrons. The number of ether oxygens (including phenoxy) is 10. The minimum atomic E-state index is -0.718. The average molecular weight is 910 g/mol. The number of carbonyl (C=O) groups is 4. The van der Waals surface area contributed by atoms with Crippen LogP contribution >= 0.6 is 0 Å². The molecule has 0 N–H and O–H groups in total. The van der Waals surface area contributed by atoms with Gasteiger partial charge in [0.1, 0.15) is 49.4 Å². The molecule has 5 rings (SSSR count). The second kappa shape index (κ2) is 27.1. The van der Waals surface area contributed by atoms with Crippen LogP contribution in [0.3, 0.4) is 0 Å². The number of hydrogen-bond acceptors (Lipinski definition) is 15. The molecule has 4 aromatic carbocycles. The first-order valence-corrected chi connectivity index (χ1v) is 21.0. The summed E-state index contributed by atoms with van der Waals surface area (Å²) in [4.78, 5) is 58.8. The van der Waals surface area contributed by atoms with Crippen LogP contribution < -0.4 is 18.9 Å². The summed E-state index contributed by atoms with van der Waals surface area (Å²) in [5.41, 5.74) is 3.65. The molecule has 2 amide bonds. The van der Waals surface area contributed by atoms with Crippen LogP contribution in [0.5, 0.6) is 23.0 Å². The zero-order valence-corrected chi connectivity index (χ0v) is 37.5. The number of nitrogens with zero attached hydrogens (tertiary/aromatic N) is 3. The van der Waals surface area contributed by atoms with Gasteiger partial charge in [-0.25, -0.2) is 19.2 Å². The van der Waals surface area contributed by atoms with Crippen molar-refractivity contribution < 1.29 is 66.5 Å². The maximum atomic E-state index is 13.1. The predicted molar refractivity (Wildman–Crippen MR) is 240 cm³/mol. The van der Waals surface area contributed by atoms with E-state index >= 15 is 0 Å². The monoisotopic (exact) mass is 909 g/mol. The van der Waals surface area contributed by atoms with Crippen LogP contribution in [0.15, 0.2) is 116 Å². The average Bonchev–Trinajstić information content (AvgIpc) is 3.35. The fraction of sp³-hybridized carbons (Fsp3) is 0.327. The third-order valence-electron chi connectivity index (χ3n) is 9.68. The van der Waals surface area contributed by atoms with E-state index in [4.69, 9.17) is 47.4 Å². The second-order valence-electron chi connectivity index (χ2n) is 14.3. The van der Waals surface area contributed by atoms with Gasteiger partial charge in [0.15, 0.2) is 0 Å². The van der Waals surface area contributed by atoms with Crippen LogP contribution in [0.2, 0.25) is 0 Å². The Morgan fingerprint density at radius 1 is 0.394 bits per heavy atom. The lowest BCUT2D eigenvalue weighted by molar-refractivity contribution is 0.0193. The molecule has 1 aromatic heterocycles. The number of pyridine rings is 1. The van der Waals surface area contributed by atoms with Crippen LogP contribution in [-0.2, 0) is 54.6 Å². The van der Waals surface area contributed by atoms with Crippen molar-refractivity contribution in [3.05, 3.63) is 149 Å². The molecule has 0 fully saturated rings. The maximum absolute atomic E-state index is 13.1. The predicted octanol–water partition coefficient (Wildman–Crippen LogP) is 7.14. The lowest BCUT2D eigenvalue weighted by atomic mass is 10.1. The van der Waals surface area contributed by atoms with Gasteiger partial charge < -0.3 is 47.4 Å². The first kappa shape index (κ1) is 49.6. The van der Waals surface area contributed by atoms with E-state index in [1.54, 1.807) is 38.2 Å². The molecule has 1 heterocycles. The molecule has 0 aliphatic rings. The van der Waals surface area contributed by atoms with Gasteiger partial charge in [0.25, 0.3) is 0 Å². The van der Waals surface area contributed by atoms with E-state index in [-0.39, 0.29) is 64.0 Å². The highest BCUT2D eigenvalue weighted by molar-refractivity contribution is 5.94. The summed E-state index contributed by atoms with van der Waals surface area (Å²) in [6, 6.07) is 30.9. The highest BCUT2D eigenvalue weighted by Crippen LogP contribution is 2.20. The van der Waals surface area contributed by atoms with Crippen LogP contribution in [0.4, 0.5) is 9.59 Å². The number of carbonyl (C=O) groups excluding carboxylic acids is 4. The Morgan fingerprint density at radius 2 is 0.667 bits per heavy atom. The van der Waals surface area contributed by atoms with Gasteiger partial charge in [-0.3, -0.25) is 14.8 Å². The zero-order valence-electron chi connectivity index (χ0n) is 37.5. The highest BCUT2D eigenvalue weighted by Gasteiger charge is 2.19. The molecule has 0 spiro atoms. The lowest BCUT2D eigenvalue weighted by Gasteiger charge is -2.23. The van der Waals surface area contributed by atoms with Gasteiger partial charge >= 0.3 is 24.1 Å². The summed E-state index contributed by atoms with van der Waals surface area (Å²) in [6.45, 7) is 1.14. The molecule has 0 saturated carbocycles. The number of amides is 2. The normalized spacial score (nSPS) is 10.6. The fourth-order valence-electron chi connectivity index (χ4n) is 6.15. The van der Waals surface area contributed by atoms with Crippen molar-refractivity contribution in [3.8, 4) is 23.0 Å². The van der Waals surface area contributed by atoms with Gasteiger partial charge in [-0.05, 0) is 76.9 Å². The van der Waals surface area contributed by atoms with Crippen molar-refractivity contribution in [2.75, 3.05) is 81.3 Å². The standard InChI is InChI=1S/C49H55N3O14/c1-57-42-13-5-36(6-14-42)32-51(33-37-7-15-43(58-2)16-8-37)48(55)65-27-23-61-21-25-63-46(53)40-29-41(31-50-30-40)47(54)64-26-22-62-24-28-66-49(56)52(34-38-9-17-44(59-3)18-10-38)35-39-11-19-45(60-4)20-12-39/h5-20,29-31H,21-28,32-35H2,1-4H3. The lowest BCUT2D eigenvalue weighted by Crippen LogP contribution is -2.31. The third kappa shape index (κ3) is 16.6. The Hall–Kier alpha value is -7.37. The van der Waals surface area contributed by atoms with E-state index in [0.717, 1.165) is 22.3 Å². The molecule has 17 nitrogen and oxygen atoms in total. The number of methoxy groups -OCH3 is 4. The molecular weight excluding hydrogens is 855 g/mol. The van der Waals surface area contributed by atoms with E-state index in [1.165, 1.54) is 18.5 Å². The number of rotatable bonds is 26. The summed E-state index contributed by atoms with van der Waals surface area (Å²) in [5, 5.41) is 0. The Balaban J connectivity index is 0.967. The Bertz CT molecular complexity index is 2000. The smallest absolute Gasteiger partial charge is 0.410 e. The van der Waals surface area contributed by atoms with Crippen molar-refractivity contribution in [3.63, 3.8) is 0 Å². The Kier molecular flexibility index (Phi) is 20.4. The minimum Gasteiger partial charge on any atom is -0.497 e. The molecule has 0 unspecified atom stereocenters. The minimum absolute atomic E-state index is 0.0298. The first-order chi connectivity index (χ1) is 32.2. The van der Waals surface area contributed by atoms with Gasteiger partial charge in [0.05, 0.1) is 66.0 Å². The molecular formula is C49H55N3O14. The van der Waals surface area contributed by atoms with E-state index < -0.39 is 24.1 Å². The molecule has 66 heavy (non-hydrogen) atoms. The summed E-state index contributed by atoms with van der Waals surface area (Å²) >= 11 is 0. The van der Waals surface area contributed by atoms with E-state index in [2.05, 4.69) is 4.98 Å². The molecule has 0 aliphatic heterocycles. The molecule has 17 heteroatoms. The largest absolute Gasteiger partial charge is 0.497 e. The number of aromatic nitrogens is 1. The molecule has 0 aliphatic carbocycles. The third-order valence-corrected chi connectivity index (χ3v) is 9.68. The first-order valence-electron chi connectivity index (χ1n) is 21.0. The second-order valence-corrected chi connectivity index (χ2v) is 14.3. The molecule has 0 radical (unpaired) electrons. The van der Waals surface area contributed by atoms with E-state index in [1.807, 2.05) is 97.1 Å². The summed E-state index contributed by atoms with van der Waals surface area (Å²) in [5.74, 6) is 1.39. The Labute approximate surface area is 383 Å². The zero-order chi connectivity index (χ0) is 46.9. The summed E-state index contributed by atoms with van der Waals surface area (Å²) < 4.78 is 53.6. The molecule has 5 aromatic rings. The van der Waals surface area contributed by atoms with Crippen LogP contribution in [0.1, 0.15) is 43.0 Å². The van der Waals surface area contributed by atoms with Gasteiger partial charge in [0, 0.05) is 38.6 Å². The van der Waals surface area contributed by atoms with Crippen molar-refractivity contribution in [2.24, 2.45) is 0 Å². The SMILES string of the molecule is COc1ccc(CN(Cc2ccc(OC)cc2)C(=O)OCCOCCOC(=O)c2cncc(C(=O)OCCOCCOC(=O)N(Cc3ccc(OC)cc3)Cc3ccc(OC)cc3)c2)cc1. The highest BCUT2D eigenvalue weighted by atomic mass is 16.6. The number of hydrogen-bond donors (Lipinski definition) is 0. The van der Waals surface area contributed by atoms with Gasteiger partial charge in [-0.15, -0.1) is 0 Å². The van der Waals surface area contributed by atoms with Crippen LogP contribution in [-0.4, -0.2) is 120 Å². The van der Waals surface area contributed by atoms with Crippen molar-refractivity contribution in [2.45, 2.75) is 26.2 Å². The van der Waals surface area contributed by atoms with Crippen molar-refractivity contribution in [1.82, 2.24) is 14.8 Å². The van der Waals surface area contributed by atoms with Crippen LogP contribution in [0.25, 0.3) is 0 Å². The Morgan fingerprint density at radius 3 is 0.939 bits per heavy atom. The summed E-state index contributed by atoms with van der Waals surface area (Å²) in [7, 11) is 6.35. The maximum Gasteiger partial charge on any atom is 0.410 e. The number of benzene rings is 4. The summed E-state index contributed by atoms with van der Waals surface area (Å²) in [6.07, 6.45) is 1.48. The topological polar surface area (TPSA) is 180 Å². The van der Waals surface area contributed by atoms with Gasteiger partial charge in [-0.1, -0.05) is 48.5 Å². The van der Waals surface area contributed by atoms with E-state index in [9.17, 15) is 19.2 Å². The van der Waals surface area contributed by atoms with E-state index in [0.29, 0.717) is 49.2 Å².